The molecular weight excluding hydrogens is 342 g/mol. The van der Waals surface area contributed by atoms with E-state index < -0.39 is 5.97 Å². The van der Waals surface area contributed by atoms with Crippen molar-refractivity contribution < 1.29 is 14.6 Å². The first-order chi connectivity index (χ1) is 9.56. The van der Waals surface area contributed by atoms with Crippen LogP contribution < -0.4 is 4.74 Å². The number of carbonyl (C=O) groups is 1. The fourth-order valence-corrected chi connectivity index (χ4v) is 3.34. The van der Waals surface area contributed by atoms with E-state index in [0.29, 0.717) is 22.0 Å². The Labute approximate surface area is 129 Å². The van der Waals surface area contributed by atoms with Crippen molar-refractivity contribution in [2.45, 2.75) is 19.8 Å². The summed E-state index contributed by atoms with van der Waals surface area (Å²) in [6.45, 7) is 2.01. The molecule has 0 saturated heterocycles. The van der Waals surface area contributed by atoms with E-state index >= 15 is 0 Å². The highest BCUT2D eigenvalue weighted by Gasteiger charge is 2.18. The Morgan fingerprint density at radius 1 is 1.50 bits per heavy atom. The zero-order valence-corrected chi connectivity index (χ0v) is 13.5. The van der Waals surface area contributed by atoms with E-state index in [1.165, 1.54) is 11.3 Å². The Balaban J connectivity index is 2.44. The monoisotopic (exact) mass is 355 g/mol. The molecule has 0 amide bonds. The van der Waals surface area contributed by atoms with E-state index in [4.69, 9.17) is 4.74 Å². The Morgan fingerprint density at radius 2 is 2.25 bits per heavy atom. The number of aromatic carboxylic acids is 1. The number of aryl methyl sites for hydroxylation is 1. The summed E-state index contributed by atoms with van der Waals surface area (Å²) >= 11 is 4.64. The fourth-order valence-electron chi connectivity index (χ4n) is 1.85. The molecule has 0 aliphatic heterocycles. The number of hydrogen-bond donors (Lipinski definition) is 1. The molecular formula is C14H14BrNO3S. The lowest BCUT2D eigenvalue weighted by Crippen LogP contribution is -1.98. The van der Waals surface area contributed by atoms with E-state index in [1.54, 1.807) is 7.11 Å². The standard InChI is InChI=1S/C14H14BrNO3S/c1-3-4-10-12(14(17)18)20-13(16-10)8-5-6-11(19-2)9(15)7-8/h5-7H,3-4H2,1-2H3,(H,17,18). The topological polar surface area (TPSA) is 59.4 Å². The maximum Gasteiger partial charge on any atom is 0.347 e. The maximum atomic E-state index is 11.2. The first-order valence-electron chi connectivity index (χ1n) is 6.13. The van der Waals surface area contributed by atoms with Gasteiger partial charge in [0.05, 0.1) is 17.3 Å². The molecule has 106 valence electrons. The van der Waals surface area contributed by atoms with Crippen LogP contribution in [0, 0.1) is 0 Å². The average Bonchev–Trinajstić information content (AvgIpc) is 2.83. The number of aromatic nitrogens is 1. The molecule has 2 aromatic rings. The highest BCUT2D eigenvalue weighted by Crippen LogP contribution is 2.34. The van der Waals surface area contributed by atoms with Crippen LogP contribution >= 0.6 is 27.3 Å². The van der Waals surface area contributed by atoms with Crippen molar-refractivity contribution in [2.75, 3.05) is 7.11 Å². The molecule has 0 aliphatic carbocycles. The number of benzene rings is 1. The van der Waals surface area contributed by atoms with E-state index in [2.05, 4.69) is 20.9 Å². The van der Waals surface area contributed by atoms with E-state index in [1.807, 2.05) is 25.1 Å². The predicted molar refractivity (Wildman–Crippen MR) is 82.8 cm³/mol. The third kappa shape index (κ3) is 3.02. The predicted octanol–water partition coefficient (Wildman–Crippen LogP) is 4.23. The van der Waals surface area contributed by atoms with Crippen molar-refractivity contribution in [3.63, 3.8) is 0 Å². The summed E-state index contributed by atoms with van der Waals surface area (Å²) in [6, 6.07) is 5.60. The highest BCUT2D eigenvalue weighted by molar-refractivity contribution is 9.10. The Kier molecular flexibility index (Phi) is 4.77. The van der Waals surface area contributed by atoms with Gasteiger partial charge in [0.15, 0.2) is 0 Å². The molecule has 4 nitrogen and oxygen atoms in total. The van der Waals surface area contributed by atoms with Gasteiger partial charge in [-0.2, -0.15) is 0 Å². The zero-order chi connectivity index (χ0) is 14.7. The van der Waals surface area contributed by atoms with Gasteiger partial charge in [0.2, 0.25) is 0 Å². The number of thiazole rings is 1. The third-order valence-corrected chi connectivity index (χ3v) is 4.53. The van der Waals surface area contributed by atoms with Crippen LogP contribution in [0.3, 0.4) is 0 Å². The second-order valence-corrected chi connectivity index (χ2v) is 6.05. The van der Waals surface area contributed by atoms with Gasteiger partial charge >= 0.3 is 5.97 Å². The Morgan fingerprint density at radius 3 is 2.80 bits per heavy atom. The number of carboxylic acid groups (broad SMARTS) is 1. The molecule has 6 heteroatoms. The lowest BCUT2D eigenvalue weighted by atomic mass is 10.2. The molecule has 1 N–H and O–H groups in total. The van der Waals surface area contributed by atoms with E-state index in [-0.39, 0.29) is 0 Å². The quantitative estimate of drug-likeness (QED) is 0.871. The smallest absolute Gasteiger partial charge is 0.347 e. The Hall–Kier alpha value is -1.40. The summed E-state index contributed by atoms with van der Waals surface area (Å²) < 4.78 is 6.00. The molecule has 2 rings (SSSR count). The van der Waals surface area contributed by atoms with Crippen LogP contribution in [0.25, 0.3) is 10.6 Å². The van der Waals surface area contributed by atoms with Gasteiger partial charge in [0.1, 0.15) is 15.6 Å². The van der Waals surface area contributed by atoms with E-state index in [9.17, 15) is 9.90 Å². The molecule has 1 aromatic heterocycles. The summed E-state index contributed by atoms with van der Waals surface area (Å²) in [5, 5.41) is 9.95. The largest absolute Gasteiger partial charge is 0.496 e. The lowest BCUT2D eigenvalue weighted by Gasteiger charge is -2.04. The van der Waals surface area contributed by atoms with Crippen molar-refractivity contribution in [3.05, 3.63) is 33.2 Å². The van der Waals surface area contributed by atoms with Gasteiger partial charge in [-0.05, 0) is 40.5 Å². The Bertz CT molecular complexity index is 639. The molecule has 0 radical (unpaired) electrons. The summed E-state index contributed by atoms with van der Waals surface area (Å²) in [4.78, 5) is 16.0. The minimum atomic E-state index is -0.912. The molecule has 1 aromatic carbocycles. The van der Waals surface area contributed by atoms with Crippen molar-refractivity contribution >= 4 is 33.2 Å². The normalized spacial score (nSPS) is 10.6. The number of nitrogens with zero attached hydrogens (tertiary/aromatic N) is 1. The lowest BCUT2D eigenvalue weighted by molar-refractivity contribution is 0.0700. The minimum Gasteiger partial charge on any atom is -0.496 e. The second-order valence-electron chi connectivity index (χ2n) is 4.20. The number of methoxy groups -OCH3 is 1. The maximum absolute atomic E-state index is 11.2. The number of ether oxygens (including phenoxy) is 1. The third-order valence-electron chi connectivity index (χ3n) is 2.78. The summed E-state index contributed by atoms with van der Waals surface area (Å²) in [6.07, 6.45) is 1.55. The zero-order valence-electron chi connectivity index (χ0n) is 11.1. The van der Waals surface area contributed by atoms with Crippen molar-refractivity contribution in [1.82, 2.24) is 4.98 Å². The number of carboxylic acids is 1. The van der Waals surface area contributed by atoms with Gasteiger partial charge in [-0.1, -0.05) is 13.3 Å². The van der Waals surface area contributed by atoms with E-state index in [0.717, 1.165) is 22.2 Å². The molecule has 0 atom stereocenters. The van der Waals surface area contributed by atoms with Crippen LogP contribution in [0.15, 0.2) is 22.7 Å². The molecule has 1 heterocycles. The highest BCUT2D eigenvalue weighted by atomic mass is 79.9. The van der Waals surface area contributed by atoms with Gasteiger partial charge < -0.3 is 9.84 Å². The van der Waals surface area contributed by atoms with Crippen molar-refractivity contribution in [3.8, 4) is 16.3 Å². The van der Waals surface area contributed by atoms with Gasteiger partial charge in [-0.25, -0.2) is 9.78 Å². The summed E-state index contributed by atoms with van der Waals surface area (Å²) in [5.74, 6) is -0.178. The van der Waals surface area contributed by atoms with Crippen molar-refractivity contribution in [1.29, 1.82) is 0 Å². The summed E-state index contributed by atoms with van der Waals surface area (Å²) in [7, 11) is 1.60. The fraction of sp³-hybridized carbons (Fsp3) is 0.286. The van der Waals surface area contributed by atoms with Crippen molar-refractivity contribution in [2.24, 2.45) is 0 Å². The summed E-state index contributed by atoms with van der Waals surface area (Å²) in [5.41, 5.74) is 1.54. The van der Waals surface area contributed by atoms with Gasteiger partial charge in [-0.15, -0.1) is 11.3 Å². The molecule has 0 aliphatic rings. The van der Waals surface area contributed by atoms with Crippen LogP contribution in [0.5, 0.6) is 5.75 Å². The molecule has 0 unspecified atom stereocenters. The molecule has 0 bridgehead atoms. The molecule has 0 saturated carbocycles. The first kappa shape index (κ1) is 15.0. The van der Waals surface area contributed by atoms with Crippen LogP contribution in [0.1, 0.15) is 28.7 Å². The van der Waals surface area contributed by atoms with Gasteiger partial charge in [-0.3, -0.25) is 0 Å². The number of halogens is 1. The SMILES string of the molecule is CCCc1nc(-c2ccc(OC)c(Br)c2)sc1C(=O)O. The van der Waals surface area contributed by atoms with Crippen LogP contribution in [0.2, 0.25) is 0 Å². The number of rotatable bonds is 5. The molecule has 20 heavy (non-hydrogen) atoms. The number of hydrogen-bond acceptors (Lipinski definition) is 4. The first-order valence-corrected chi connectivity index (χ1v) is 7.74. The van der Waals surface area contributed by atoms with Crippen LogP contribution in [0.4, 0.5) is 0 Å². The molecule has 0 spiro atoms. The van der Waals surface area contributed by atoms with Crippen LogP contribution in [-0.4, -0.2) is 23.2 Å². The minimum absolute atomic E-state index is 0.328. The van der Waals surface area contributed by atoms with Gasteiger partial charge in [0.25, 0.3) is 0 Å². The van der Waals surface area contributed by atoms with Crippen LogP contribution in [-0.2, 0) is 6.42 Å². The molecule has 0 fully saturated rings. The van der Waals surface area contributed by atoms with Gasteiger partial charge in [0, 0.05) is 5.56 Å². The second kappa shape index (κ2) is 6.37. The average molecular weight is 356 g/mol.